The lowest BCUT2D eigenvalue weighted by Crippen LogP contribution is -2.34. The van der Waals surface area contributed by atoms with Crippen LogP contribution in [0.2, 0.25) is 0 Å². The molecule has 0 saturated carbocycles. The van der Waals surface area contributed by atoms with Gasteiger partial charge in [0.25, 0.3) is 0 Å². The minimum absolute atomic E-state index is 0.573. The zero-order valence-electron chi connectivity index (χ0n) is 17.6. The summed E-state index contributed by atoms with van der Waals surface area (Å²) in [5.41, 5.74) is 2.16. The Morgan fingerprint density at radius 3 is 2.97 bits per heavy atom. The predicted molar refractivity (Wildman–Crippen MR) is 115 cm³/mol. The summed E-state index contributed by atoms with van der Waals surface area (Å²) in [5.74, 6) is 3.44. The summed E-state index contributed by atoms with van der Waals surface area (Å²) in [4.78, 5) is 9.22. The highest BCUT2D eigenvalue weighted by molar-refractivity contribution is 5.80. The molecule has 0 bridgehead atoms. The van der Waals surface area contributed by atoms with Crippen molar-refractivity contribution in [2.24, 2.45) is 5.92 Å². The molecule has 0 amide bonds. The van der Waals surface area contributed by atoms with E-state index in [1.54, 1.807) is 6.26 Å². The minimum Gasteiger partial charge on any atom is -0.493 e. The average molecular weight is 398 g/mol. The van der Waals surface area contributed by atoms with Gasteiger partial charge in [0.2, 0.25) is 5.95 Å². The lowest BCUT2D eigenvalue weighted by atomic mass is 10.1. The quantitative estimate of drug-likeness (QED) is 0.560. The first-order valence-corrected chi connectivity index (χ1v) is 10.3. The molecule has 0 saturated heterocycles. The maximum absolute atomic E-state index is 6.03. The second-order valence-electron chi connectivity index (χ2n) is 8.22. The van der Waals surface area contributed by atoms with Crippen LogP contribution >= 0.6 is 0 Å². The number of benzene rings is 1. The first kappa shape index (κ1) is 19.8. The summed E-state index contributed by atoms with van der Waals surface area (Å²) in [6, 6.07) is 10.1. The molecule has 0 spiro atoms. The van der Waals surface area contributed by atoms with E-state index >= 15 is 0 Å². The molecule has 29 heavy (non-hydrogen) atoms. The van der Waals surface area contributed by atoms with Crippen LogP contribution < -0.4 is 10.1 Å². The molecule has 1 unspecified atom stereocenters. The predicted octanol–water partition coefficient (Wildman–Crippen LogP) is 3.13. The van der Waals surface area contributed by atoms with Crippen LogP contribution in [0.4, 0.5) is 5.95 Å². The van der Waals surface area contributed by atoms with E-state index in [1.165, 1.54) is 0 Å². The maximum Gasteiger partial charge on any atom is 0.203 e. The lowest BCUT2D eigenvalue weighted by Gasteiger charge is -2.27. The van der Waals surface area contributed by atoms with Gasteiger partial charge in [0.05, 0.1) is 30.4 Å². The average Bonchev–Trinajstić information content (AvgIpc) is 3.32. The van der Waals surface area contributed by atoms with E-state index in [4.69, 9.17) is 14.1 Å². The number of nitrogens with zero attached hydrogens (tertiary/aromatic N) is 4. The van der Waals surface area contributed by atoms with Gasteiger partial charge in [-0.25, -0.2) is 4.98 Å². The van der Waals surface area contributed by atoms with E-state index in [9.17, 15) is 0 Å². The zero-order valence-corrected chi connectivity index (χ0v) is 17.6. The normalized spacial score (nSPS) is 16.4. The third-order valence-corrected chi connectivity index (χ3v) is 5.29. The number of hydrogen-bond acceptors (Lipinski definition) is 6. The number of furan rings is 1. The first-order valence-electron chi connectivity index (χ1n) is 10.3. The summed E-state index contributed by atoms with van der Waals surface area (Å²) in [6.07, 6.45) is 2.68. The molecule has 156 valence electrons. The number of aromatic nitrogens is 2. The summed E-state index contributed by atoms with van der Waals surface area (Å²) < 4.78 is 13.7. The van der Waals surface area contributed by atoms with Crippen molar-refractivity contribution >= 4 is 17.0 Å². The Kier molecular flexibility index (Phi) is 6.06. The summed E-state index contributed by atoms with van der Waals surface area (Å²) >= 11 is 0. The minimum atomic E-state index is 0.573. The molecule has 0 fully saturated rings. The Labute approximate surface area is 172 Å². The number of nitrogens with one attached hydrogen (secondary N) is 1. The smallest absolute Gasteiger partial charge is 0.203 e. The first-order chi connectivity index (χ1) is 14.1. The molecular weight excluding hydrogens is 366 g/mol. The van der Waals surface area contributed by atoms with Crippen LogP contribution in [-0.4, -0.2) is 66.7 Å². The van der Waals surface area contributed by atoms with Crippen LogP contribution in [0.15, 0.2) is 41.0 Å². The second-order valence-corrected chi connectivity index (χ2v) is 8.22. The van der Waals surface area contributed by atoms with Crippen LogP contribution in [0.5, 0.6) is 5.75 Å². The highest BCUT2D eigenvalue weighted by Gasteiger charge is 2.22. The van der Waals surface area contributed by atoms with Gasteiger partial charge in [0, 0.05) is 38.2 Å². The van der Waals surface area contributed by atoms with Gasteiger partial charge < -0.3 is 23.9 Å². The van der Waals surface area contributed by atoms with E-state index in [-0.39, 0.29) is 0 Å². The zero-order chi connectivity index (χ0) is 20.2. The van der Waals surface area contributed by atoms with Crippen molar-refractivity contribution in [2.45, 2.75) is 19.5 Å². The molecule has 7 heteroatoms. The Morgan fingerprint density at radius 1 is 1.28 bits per heavy atom. The Bertz CT molecular complexity index is 919. The van der Waals surface area contributed by atoms with Crippen molar-refractivity contribution in [2.75, 3.05) is 52.7 Å². The van der Waals surface area contributed by atoms with Gasteiger partial charge in [0.15, 0.2) is 0 Å². The third kappa shape index (κ3) is 4.92. The molecular formula is C22H31N5O2. The Balaban J connectivity index is 1.33. The van der Waals surface area contributed by atoms with E-state index in [2.05, 4.69) is 53.0 Å². The highest BCUT2D eigenvalue weighted by atomic mass is 16.5. The van der Waals surface area contributed by atoms with Crippen molar-refractivity contribution in [1.82, 2.24) is 19.4 Å². The van der Waals surface area contributed by atoms with Gasteiger partial charge in [-0.15, -0.1) is 0 Å². The van der Waals surface area contributed by atoms with Crippen LogP contribution in [0.3, 0.4) is 0 Å². The van der Waals surface area contributed by atoms with Crippen LogP contribution in [-0.2, 0) is 13.1 Å². The molecule has 7 nitrogen and oxygen atoms in total. The largest absolute Gasteiger partial charge is 0.493 e. The monoisotopic (exact) mass is 397 g/mol. The summed E-state index contributed by atoms with van der Waals surface area (Å²) in [7, 11) is 6.35. The third-order valence-electron chi connectivity index (χ3n) is 5.29. The second kappa shape index (κ2) is 8.88. The van der Waals surface area contributed by atoms with Crippen molar-refractivity contribution in [3.63, 3.8) is 0 Å². The van der Waals surface area contributed by atoms with Gasteiger partial charge in [0.1, 0.15) is 11.5 Å². The fraction of sp³-hybridized carbons (Fsp3) is 0.500. The van der Waals surface area contributed by atoms with Crippen molar-refractivity contribution < 1.29 is 9.15 Å². The number of rotatable bonds is 9. The van der Waals surface area contributed by atoms with Crippen LogP contribution in [0.1, 0.15) is 12.2 Å². The SMILES string of the molecule is CN(C)CC1CNc2nc3ccc(OCCCN(C)Cc4ccco4)cc3n2C1. The molecule has 0 aliphatic carbocycles. The summed E-state index contributed by atoms with van der Waals surface area (Å²) in [6.45, 7) is 5.49. The molecule has 2 aromatic heterocycles. The molecule has 1 N–H and O–H groups in total. The Morgan fingerprint density at radius 2 is 2.17 bits per heavy atom. The molecule has 4 rings (SSSR count). The molecule has 3 heterocycles. The molecule has 1 atom stereocenters. The molecule has 1 aliphatic heterocycles. The van der Waals surface area contributed by atoms with Crippen molar-refractivity contribution in [3.05, 3.63) is 42.4 Å². The number of ether oxygens (including phenoxy) is 1. The molecule has 1 aliphatic rings. The summed E-state index contributed by atoms with van der Waals surface area (Å²) in [5, 5.41) is 3.48. The van der Waals surface area contributed by atoms with E-state index < -0.39 is 0 Å². The highest BCUT2D eigenvalue weighted by Crippen LogP contribution is 2.28. The van der Waals surface area contributed by atoms with Gasteiger partial charge in [-0.3, -0.25) is 4.90 Å². The van der Waals surface area contributed by atoms with Gasteiger partial charge in [-0.2, -0.15) is 0 Å². The lowest BCUT2D eigenvalue weighted by molar-refractivity contribution is 0.247. The molecule has 3 aromatic rings. The van der Waals surface area contributed by atoms with E-state index in [1.807, 2.05) is 18.2 Å². The number of hydrogen-bond donors (Lipinski definition) is 1. The van der Waals surface area contributed by atoms with Crippen LogP contribution in [0.25, 0.3) is 11.0 Å². The van der Waals surface area contributed by atoms with Gasteiger partial charge >= 0.3 is 0 Å². The van der Waals surface area contributed by atoms with Crippen molar-refractivity contribution in [1.29, 1.82) is 0 Å². The van der Waals surface area contributed by atoms with Crippen LogP contribution in [0, 0.1) is 5.92 Å². The van der Waals surface area contributed by atoms with E-state index in [0.29, 0.717) is 12.5 Å². The number of anilines is 1. The van der Waals surface area contributed by atoms with Gasteiger partial charge in [-0.05, 0) is 51.8 Å². The Hall–Kier alpha value is -2.51. The molecule has 0 radical (unpaired) electrons. The fourth-order valence-electron chi connectivity index (χ4n) is 3.98. The van der Waals surface area contributed by atoms with Gasteiger partial charge in [-0.1, -0.05) is 0 Å². The van der Waals surface area contributed by atoms with E-state index in [0.717, 1.165) is 67.6 Å². The maximum atomic E-state index is 6.03. The molecule has 1 aromatic carbocycles. The number of fused-ring (bicyclic) bond motifs is 3. The number of imidazole rings is 1. The topological polar surface area (TPSA) is 58.7 Å². The van der Waals surface area contributed by atoms with Crippen molar-refractivity contribution in [3.8, 4) is 5.75 Å². The fourth-order valence-corrected chi connectivity index (χ4v) is 3.98. The standard InChI is InChI=1S/C22H31N5O2/c1-25(2)14-17-13-23-22-24-20-8-7-18(12-21(20)27(22)15-17)28-11-5-9-26(3)16-19-6-4-10-29-19/h4,6-8,10,12,17H,5,9,11,13-16H2,1-3H3,(H,23,24).